The molecule has 1 amide bonds. The molecule has 0 radical (unpaired) electrons. The Morgan fingerprint density at radius 1 is 1.47 bits per heavy atom. The van der Waals surface area contributed by atoms with Gasteiger partial charge in [0, 0.05) is 12.5 Å². The highest BCUT2D eigenvalue weighted by Gasteiger charge is 2.17. The van der Waals surface area contributed by atoms with Crippen molar-refractivity contribution in [1.82, 2.24) is 0 Å². The largest absolute Gasteiger partial charge is 0.506 e. The van der Waals surface area contributed by atoms with Gasteiger partial charge in [-0.15, -0.1) is 0 Å². The van der Waals surface area contributed by atoms with Gasteiger partial charge in [0.25, 0.3) is 0 Å². The summed E-state index contributed by atoms with van der Waals surface area (Å²) in [6.07, 6.45) is 0.269. The molecule has 3 nitrogen and oxygen atoms in total. The van der Waals surface area contributed by atoms with Crippen LogP contribution in [-0.4, -0.2) is 11.0 Å². The third kappa shape index (κ3) is 4.23. The van der Waals surface area contributed by atoms with Gasteiger partial charge < -0.3 is 10.4 Å². The van der Waals surface area contributed by atoms with Gasteiger partial charge in [-0.05, 0) is 11.5 Å². The molecular weight excluding hydrogens is 245 g/mol. The number of anilines is 1. The number of hydrogen-bond donors (Lipinski definition) is 2. The quantitative estimate of drug-likeness (QED) is 0.798. The molecular formula is C12H15ClFNO2. The second-order valence-corrected chi connectivity index (χ2v) is 5.48. The Kier molecular flexibility index (Phi) is 3.98. The van der Waals surface area contributed by atoms with Crippen LogP contribution >= 0.6 is 11.6 Å². The first kappa shape index (κ1) is 13.8. The molecule has 0 aliphatic carbocycles. The minimum absolute atomic E-state index is 0.00235. The molecule has 0 aliphatic heterocycles. The van der Waals surface area contributed by atoms with E-state index in [1.807, 2.05) is 20.8 Å². The van der Waals surface area contributed by atoms with Gasteiger partial charge in [-0.2, -0.15) is 0 Å². The van der Waals surface area contributed by atoms with Gasteiger partial charge in [0.2, 0.25) is 5.91 Å². The van der Waals surface area contributed by atoms with E-state index in [0.717, 1.165) is 6.07 Å². The number of benzene rings is 1. The van der Waals surface area contributed by atoms with Gasteiger partial charge in [-0.25, -0.2) is 4.39 Å². The Morgan fingerprint density at radius 3 is 2.59 bits per heavy atom. The number of halogens is 2. The molecule has 0 saturated heterocycles. The molecule has 0 saturated carbocycles. The van der Waals surface area contributed by atoms with Crippen LogP contribution in [0.1, 0.15) is 27.2 Å². The third-order valence-electron chi connectivity index (χ3n) is 2.00. The first-order chi connectivity index (χ1) is 7.69. The van der Waals surface area contributed by atoms with Crippen LogP contribution in [-0.2, 0) is 4.79 Å². The van der Waals surface area contributed by atoms with E-state index in [1.54, 1.807) is 0 Å². The van der Waals surface area contributed by atoms with E-state index in [2.05, 4.69) is 5.32 Å². The van der Waals surface area contributed by atoms with Crippen LogP contribution in [0.15, 0.2) is 12.1 Å². The minimum atomic E-state index is -0.714. The van der Waals surface area contributed by atoms with Crippen LogP contribution in [0.2, 0.25) is 5.02 Å². The van der Waals surface area contributed by atoms with Crippen LogP contribution in [0.5, 0.6) is 5.75 Å². The summed E-state index contributed by atoms with van der Waals surface area (Å²) < 4.78 is 13.4. The van der Waals surface area contributed by atoms with Gasteiger partial charge >= 0.3 is 0 Å². The molecule has 0 unspecified atom stereocenters. The van der Waals surface area contributed by atoms with E-state index in [-0.39, 0.29) is 34.2 Å². The van der Waals surface area contributed by atoms with Crippen molar-refractivity contribution in [2.75, 3.05) is 5.32 Å². The minimum Gasteiger partial charge on any atom is -0.506 e. The maximum atomic E-state index is 13.4. The Morgan fingerprint density at radius 2 is 2.06 bits per heavy atom. The highest BCUT2D eigenvalue weighted by molar-refractivity contribution is 6.32. The lowest BCUT2D eigenvalue weighted by atomic mass is 9.92. The van der Waals surface area contributed by atoms with E-state index >= 15 is 0 Å². The summed E-state index contributed by atoms with van der Waals surface area (Å²) in [7, 11) is 0. The number of hydrogen-bond acceptors (Lipinski definition) is 2. The lowest BCUT2D eigenvalue weighted by Crippen LogP contribution is -2.20. The highest BCUT2D eigenvalue weighted by atomic mass is 35.5. The maximum absolute atomic E-state index is 13.4. The second-order valence-electron chi connectivity index (χ2n) is 5.07. The Hall–Kier alpha value is -1.29. The van der Waals surface area contributed by atoms with E-state index in [4.69, 9.17) is 16.7 Å². The van der Waals surface area contributed by atoms with Crippen molar-refractivity contribution < 1.29 is 14.3 Å². The number of aromatic hydroxyl groups is 1. The first-order valence-corrected chi connectivity index (χ1v) is 5.55. The van der Waals surface area contributed by atoms with E-state index in [1.165, 1.54) is 6.07 Å². The highest BCUT2D eigenvalue weighted by Crippen LogP contribution is 2.29. The normalized spacial score (nSPS) is 11.4. The molecule has 94 valence electrons. The molecule has 0 fully saturated rings. The number of carbonyl (C=O) groups excluding carboxylic acids is 1. The zero-order valence-electron chi connectivity index (χ0n) is 9.97. The molecule has 2 N–H and O–H groups in total. The van der Waals surface area contributed by atoms with Gasteiger partial charge in [-0.3, -0.25) is 4.79 Å². The lowest BCUT2D eigenvalue weighted by molar-refractivity contribution is -0.117. The second kappa shape index (κ2) is 4.92. The summed E-state index contributed by atoms with van der Waals surface area (Å²) in [5, 5.41) is 11.6. The van der Waals surface area contributed by atoms with Crippen LogP contribution in [0.3, 0.4) is 0 Å². The molecule has 0 atom stereocenters. The number of nitrogens with one attached hydrogen (secondary N) is 1. The molecule has 5 heteroatoms. The number of phenols is 1. The Balaban J connectivity index is 2.82. The summed E-state index contributed by atoms with van der Waals surface area (Å²) in [5.41, 5.74) is -0.205. The molecule has 1 rings (SSSR count). The first-order valence-electron chi connectivity index (χ1n) is 5.17. The van der Waals surface area contributed by atoms with E-state index in [9.17, 15) is 9.18 Å². The average molecular weight is 260 g/mol. The average Bonchev–Trinajstić information content (AvgIpc) is 2.11. The topological polar surface area (TPSA) is 49.3 Å². The van der Waals surface area contributed by atoms with E-state index < -0.39 is 5.82 Å². The predicted octanol–water partition coefficient (Wildman–Crippen LogP) is 3.56. The van der Waals surface area contributed by atoms with Crippen molar-refractivity contribution in [3.8, 4) is 5.75 Å². The molecule has 1 aromatic rings. The fraction of sp³-hybridized carbons (Fsp3) is 0.417. The fourth-order valence-corrected chi connectivity index (χ4v) is 1.47. The zero-order valence-corrected chi connectivity index (χ0v) is 10.7. The van der Waals surface area contributed by atoms with Crippen LogP contribution in [0.4, 0.5) is 10.1 Å². The SMILES string of the molecule is CC(C)(C)CC(=O)Nc1cc(Cl)c(O)cc1F. The monoisotopic (exact) mass is 259 g/mol. The van der Waals surface area contributed by atoms with Crippen LogP contribution < -0.4 is 5.32 Å². The van der Waals surface area contributed by atoms with Crippen molar-refractivity contribution in [3.63, 3.8) is 0 Å². The van der Waals surface area contributed by atoms with Gasteiger partial charge in [0.05, 0.1) is 10.7 Å². The standard InChI is InChI=1S/C12H15ClFNO2/c1-12(2,3)6-11(17)15-9-4-7(13)10(16)5-8(9)14/h4-5,16H,6H2,1-3H3,(H,15,17). The van der Waals surface area contributed by atoms with Crippen LogP contribution in [0, 0.1) is 11.2 Å². The molecule has 0 bridgehead atoms. The fourth-order valence-electron chi connectivity index (χ4n) is 1.31. The number of rotatable bonds is 2. The maximum Gasteiger partial charge on any atom is 0.224 e. The van der Waals surface area contributed by atoms with Crippen molar-refractivity contribution in [3.05, 3.63) is 23.0 Å². The lowest BCUT2D eigenvalue weighted by Gasteiger charge is -2.17. The number of phenolic OH excluding ortho intramolecular Hbond substituents is 1. The van der Waals surface area contributed by atoms with Gasteiger partial charge in [0.15, 0.2) is 0 Å². The Bertz CT molecular complexity index is 441. The molecule has 0 spiro atoms. The number of amides is 1. The predicted molar refractivity (Wildman–Crippen MR) is 65.8 cm³/mol. The molecule has 17 heavy (non-hydrogen) atoms. The Labute approximate surface area is 105 Å². The van der Waals surface area contributed by atoms with Gasteiger partial charge in [-0.1, -0.05) is 32.4 Å². The van der Waals surface area contributed by atoms with Crippen molar-refractivity contribution in [1.29, 1.82) is 0 Å². The molecule has 0 aliphatic rings. The van der Waals surface area contributed by atoms with Crippen molar-refractivity contribution >= 4 is 23.2 Å². The van der Waals surface area contributed by atoms with E-state index in [0.29, 0.717) is 0 Å². The summed E-state index contributed by atoms with van der Waals surface area (Å²) in [6, 6.07) is 2.06. The summed E-state index contributed by atoms with van der Waals surface area (Å²) in [4.78, 5) is 11.6. The number of carbonyl (C=O) groups is 1. The zero-order chi connectivity index (χ0) is 13.2. The summed E-state index contributed by atoms with van der Waals surface area (Å²) >= 11 is 5.63. The van der Waals surface area contributed by atoms with Crippen LogP contribution in [0.25, 0.3) is 0 Å². The summed E-state index contributed by atoms with van der Waals surface area (Å²) in [5.74, 6) is -1.36. The third-order valence-corrected chi connectivity index (χ3v) is 2.30. The van der Waals surface area contributed by atoms with Crippen molar-refractivity contribution in [2.24, 2.45) is 5.41 Å². The summed E-state index contributed by atoms with van der Waals surface area (Å²) in [6.45, 7) is 5.73. The molecule has 0 heterocycles. The molecule has 1 aromatic carbocycles. The molecule has 0 aromatic heterocycles. The van der Waals surface area contributed by atoms with Crippen molar-refractivity contribution in [2.45, 2.75) is 27.2 Å². The van der Waals surface area contributed by atoms with Gasteiger partial charge in [0.1, 0.15) is 11.6 Å². The smallest absolute Gasteiger partial charge is 0.224 e.